The molecule has 1 aromatic carbocycles. The van der Waals surface area contributed by atoms with Gasteiger partial charge in [-0.1, -0.05) is 6.07 Å². The number of carbonyl (C=O) groups excluding carboxylic acids is 1. The number of benzene rings is 1. The summed E-state index contributed by atoms with van der Waals surface area (Å²) in [6, 6.07) is 5.67. The summed E-state index contributed by atoms with van der Waals surface area (Å²) in [6.07, 6.45) is 2.29. The average molecular weight is 319 g/mol. The van der Waals surface area contributed by atoms with E-state index >= 15 is 0 Å². The fraction of sp³-hybridized carbons (Fsp3) is 0.588. The van der Waals surface area contributed by atoms with E-state index < -0.39 is 0 Å². The number of hydrogen-bond acceptors (Lipinski definition) is 5. The fourth-order valence-corrected chi connectivity index (χ4v) is 3.63. The van der Waals surface area contributed by atoms with E-state index in [-0.39, 0.29) is 24.4 Å². The summed E-state index contributed by atoms with van der Waals surface area (Å²) in [5.74, 6) is 1.59. The Morgan fingerprint density at radius 2 is 2.26 bits per heavy atom. The van der Waals surface area contributed by atoms with Gasteiger partial charge in [-0.3, -0.25) is 4.79 Å². The molecule has 0 aromatic heterocycles. The zero-order valence-corrected chi connectivity index (χ0v) is 13.2. The highest BCUT2D eigenvalue weighted by atomic mass is 16.7. The molecule has 124 valence electrons. The third-order valence-corrected chi connectivity index (χ3v) is 4.97. The Morgan fingerprint density at radius 1 is 1.39 bits per heavy atom. The topological polar surface area (TPSA) is 57.2 Å². The lowest BCUT2D eigenvalue weighted by molar-refractivity contribution is -0.130. The normalized spacial score (nSPS) is 28.7. The highest BCUT2D eigenvalue weighted by molar-refractivity contribution is 5.79. The molecule has 2 fully saturated rings. The SMILES string of the molecule is CO[C@H]1CO[C@@]2(CCN(C(=O)Cc3ccc4c(c3)OCO4)C2)C1. The van der Waals surface area contributed by atoms with Crippen LogP contribution in [0.5, 0.6) is 11.5 Å². The molecule has 3 aliphatic heterocycles. The van der Waals surface area contributed by atoms with E-state index in [1.165, 1.54) is 0 Å². The molecule has 6 heteroatoms. The third kappa shape index (κ3) is 2.77. The number of likely N-dealkylation sites (tertiary alicyclic amines) is 1. The van der Waals surface area contributed by atoms with Crippen molar-refractivity contribution in [3.8, 4) is 11.5 Å². The molecule has 0 N–H and O–H groups in total. The van der Waals surface area contributed by atoms with Gasteiger partial charge in [0.05, 0.1) is 24.7 Å². The van der Waals surface area contributed by atoms with E-state index in [1.54, 1.807) is 7.11 Å². The van der Waals surface area contributed by atoms with Crippen LogP contribution >= 0.6 is 0 Å². The molecule has 0 unspecified atom stereocenters. The fourth-order valence-electron chi connectivity index (χ4n) is 3.63. The van der Waals surface area contributed by atoms with Crippen LogP contribution in [0, 0.1) is 0 Å². The molecule has 3 heterocycles. The first-order valence-electron chi connectivity index (χ1n) is 8.00. The first-order chi connectivity index (χ1) is 11.2. The molecule has 1 aromatic rings. The van der Waals surface area contributed by atoms with Crippen LogP contribution in [-0.4, -0.2) is 56.1 Å². The van der Waals surface area contributed by atoms with Crippen LogP contribution in [0.25, 0.3) is 0 Å². The number of methoxy groups -OCH3 is 1. The molecule has 1 amide bonds. The summed E-state index contributed by atoms with van der Waals surface area (Å²) in [6.45, 7) is 2.29. The molecule has 1 spiro atoms. The summed E-state index contributed by atoms with van der Waals surface area (Å²) in [4.78, 5) is 14.5. The van der Waals surface area contributed by atoms with Gasteiger partial charge in [0.15, 0.2) is 11.5 Å². The largest absolute Gasteiger partial charge is 0.454 e. The van der Waals surface area contributed by atoms with Crippen LogP contribution in [0.2, 0.25) is 0 Å². The first-order valence-corrected chi connectivity index (χ1v) is 8.00. The Bertz CT molecular complexity index is 619. The molecule has 6 nitrogen and oxygen atoms in total. The Hall–Kier alpha value is -1.79. The maximum Gasteiger partial charge on any atom is 0.231 e. The highest BCUT2D eigenvalue weighted by Gasteiger charge is 2.46. The van der Waals surface area contributed by atoms with E-state index in [1.807, 2.05) is 23.1 Å². The Balaban J connectivity index is 1.39. The van der Waals surface area contributed by atoms with Gasteiger partial charge < -0.3 is 23.8 Å². The van der Waals surface area contributed by atoms with Gasteiger partial charge in [-0.2, -0.15) is 0 Å². The Morgan fingerprint density at radius 3 is 3.09 bits per heavy atom. The van der Waals surface area contributed by atoms with Crippen LogP contribution in [-0.2, 0) is 20.7 Å². The molecule has 0 bridgehead atoms. The minimum Gasteiger partial charge on any atom is -0.454 e. The van der Waals surface area contributed by atoms with Gasteiger partial charge in [-0.05, 0) is 24.1 Å². The van der Waals surface area contributed by atoms with Gasteiger partial charge in [-0.25, -0.2) is 0 Å². The molecule has 2 saturated heterocycles. The van der Waals surface area contributed by atoms with Crippen molar-refractivity contribution in [2.24, 2.45) is 0 Å². The standard InChI is InChI=1S/C17H21NO5/c1-20-13-8-17(23-9-13)4-5-18(10-17)16(19)7-12-2-3-14-15(6-12)22-11-21-14/h2-3,6,13H,4-5,7-11H2,1H3/t13-,17+/m1/s1. The van der Waals surface area contributed by atoms with Crippen molar-refractivity contribution >= 4 is 5.91 Å². The van der Waals surface area contributed by atoms with Crippen molar-refractivity contribution in [1.82, 2.24) is 4.90 Å². The maximum atomic E-state index is 12.6. The zero-order chi connectivity index (χ0) is 15.9. The van der Waals surface area contributed by atoms with Gasteiger partial charge in [0.2, 0.25) is 12.7 Å². The first kappa shape index (κ1) is 14.8. The van der Waals surface area contributed by atoms with Gasteiger partial charge in [-0.15, -0.1) is 0 Å². The van der Waals surface area contributed by atoms with E-state index in [0.717, 1.165) is 36.4 Å². The Kier molecular flexibility index (Phi) is 3.66. The van der Waals surface area contributed by atoms with E-state index in [2.05, 4.69) is 0 Å². The van der Waals surface area contributed by atoms with Crippen molar-refractivity contribution in [2.75, 3.05) is 33.6 Å². The minimum atomic E-state index is -0.203. The maximum absolute atomic E-state index is 12.6. The zero-order valence-electron chi connectivity index (χ0n) is 13.2. The number of ether oxygens (including phenoxy) is 4. The van der Waals surface area contributed by atoms with Crippen molar-refractivity contribution < 1.29 is 23.7 Å². The predicted octanol–water partition coefficient (Wildman–Crippen LogP) is 1.36. The second kappa shape index (κ2) is 5.69. The van der Waals surface area contributed by atoms with Crippen LogP contribution in [0.15, 0.2) is 18.2 Å². The molecule has 2 atom stereocenters. The lowest BCUT2D eigenvalue weighted by atomic mass is 9.98. The summed E-state index contributed by atoms with van der Waals surface area (Å²) >= 11 is 0. The lowest BCUT2D eigenvalue weighted by Gasteiger charge is -2.23. The summed E-state index contributed by atoms with van der Waals surface area (Å²) in [7, 11) is 1.71. The number of nitrogens with zero attached hydrogens (tertiary/aromatic N) is 1. The van der Waals surface area contributed by atoms with Crippen LogP contribution in [0.1, 0.15) is 18.4 Å². The summed E-state index contributed by atoms with van der Waals surface area (Å²) in [5, 5.41) is 0. The molecule has 23 heavy (non-hydrogen) atoms. The average Bonchev–Trinajstić information content (AvgIpc) is 3.27. The number of carbonyl (C=O) groups is 1. The third-order valence-electron chi connectivity index (χ3n) is 4.97. The van der Waals surface area contributed by atoms with E-state index in [9.17, 15) is 4.79 Å². The number of rotatable bonds is 3. The van der Waals surface area contributed by atoms with Crippen molar-refractivity contribution in [1.29, 1.82) is 0 Å². The van der Waals surface area contributed by atoms with Crippen LogP contribution in [0.3, 0.4) is 0 Å². The highest BCUT2D eigenvalue weighted by Crippen LogP contribution is 2.37. The quantitative estimate of drug-likeness (QED) is 0.842. The Labute approximate surface area is 135 Å². The van der Waals surface area contributed by atoms with E-state index in [0.29, 0.717) is 19.6 Å². The summed E-state index contributed by atoms with van der Waals surface area (Å²) in [5.41, 5.74) is 0.743. The molecule has 4 rings (SSSR count). The second-order valence-electron chi connectivity index (χ2n) is 6.49. The molecule has 0 saturated carbocycles. The van der Waals surface area contributed by atoms with Crippen molar-refractivity contribution in [3.05, 3.63) is 23.8 Å². The lowest BCUT2D eigenvalue weighted by Crippen LogP contribution is -2.36. The minimum absolute atomic E-state index is 0.130. The molecular weight excluding hydrogens is 298 g/mol. The smallest absolute Gasteiger partial charge is 0.231 e. The summed E-state index contributed by atoms with van der Waals surface area (Å²) < 4.78 is 22.0. The number of hydrogen-bond donors (Lipinski definition) is 0. The number of fused-ring (bicyclic) bond motifs is 1. The molecule has 0 aliphatic carbocycles. The van der Waals surface area contributed by atoms with Crippen molar-refractivity contribution in [2.45, 2.75) is 31.0 Å². The van der Waals surface area contributed by atoms with Crippen LogP contribution < -0.4 is 9.47 Å². The predicted molar refractivity (Wildman–Crippen MR) is 81.6 cm³/mol. The van der Waals surface area contributed by atoms with E-state index in [4.69, 9.17) is 18.9 Å². The molecule has 3 aliphatic rings. The second-order valence-corrected chi connectivity index (χ2v) is 6.49. The molecular formula is C17H21NO5. The number of amides is 1. The van der Waals surface area contributed by atoms with Gasteiger partial charge in [0.25, 0.3) is 0 Å². The van der Waals surface area contributed by atoms with Crippen molar-refractivity contribution in [3.63, 3.8) is 0 Å². The van der Waals surface area contributed by atoms with Gasteiger partial charge >= 0.3 is 0 Å². The van der Waals surface area contributed by atoms with Gasteiger partial charge in [0.1, 0.15) is 0 Å². The van der Waals surface area contributed by atoms with Gasteiger partial charge in [0, 0.05) is 26.6 Å². The molecule has 0 radical (unpaired) electrons. The van der Waals surface area contributed by atoms with Crippen LogP contribution in [0.4, 0.5) is 0 Å². The monoisotopic (exact) mass is 319 g/mol.